The van der Waals surface area contributed by atoms with Gasteiger partial charge in [0.05, 0.1) is 23.6 Å². The van der Waals surface area contributed by atoms with E-state index in [0.717, 1.165) is 55.8 Å². The van der Waals surface area contributed by atoms with Crippen LogP contribution in [0.5, 0.6) is 0 Å². The predicted molar refractivity (Wildman–Crippen MR) is 96.3 cm³/mol. The molecule has 2 aliphatic heterocycles. The minimum absolute atomic E-state index is 0.00141. The summed E-state index contributed by atoms with van der Waals surface area (Å²) in [6, 6.07) is 0.558. The van der Waals surface area contributed by atoms with E-state index < -0.39 is 0 Å². The molecule has 2 unspecified atom stereocenters. The molecule has 138 valence electrons. The minimum atomic E-state index is -0.00141. The lowest BCUT2D eigenvalue weighted by molar-refractivity contribution is -0.130. The molecule has 0 aromatic carbocycles. The highest BCUT2D eigenvalue weighted by atomic mass is 16.2. The third-order valence-corrected chi connectivity index (χ3v) is 5.68. The number of aromatic nitrogens is 2. The molecule has 2 saturated heterocycles. The number of anilines is 1. The zero-order valence-corrected chi connectivity index (χ0v) is 15.7. The summed E-state index contributed by atoms with van der Waals surface area (Å²) in [6.45, 7) is 7.66. The Balaban J connectivity index is 1.65. The third-order valence-electron chi connectivity index (χ3n) is 5.68. The summed E-state index contributed by atoms with van der Waals surface area (Å²) in [7, 11) is 1.88. The number of rotatable bonds is 4. The Morgan fingerprint density at radius 1 is 1.16 bits per heavy atom. The van der Waals surface area contributed by atoms with E-state index >= 15 is 0 Å². The third kappa shape index (κ3) is 3.56. The number of carbonyl (C=O) groups excluding carboxylic acids is 2. The van der Waals surface area contributed by atoms with Crippen molar-refractivity contribution >= 4 is 17.5 Å². The maximum atomic E-state index is 12.6. The first kappa shape index (κ1) is 17.9. The number of nitrogens with one attached hydrogen (secondary N) is 1. The lowest BCUT2D eigenvalue weighted by Crippen LogP contribution is -2.49. The zero-order valence-electron chi connectivity index (χ0n) is 15.7. The molecule has 2 amide bonds. The number of carbonyl (C=O) groups is 2. The first-order valence-corrected chi connectivity index (χ1v) is 9.19. The van der Waals surface area contributed by atoms with Gasteiger partial charge in [-0.2, -0.15) is 5.10 Å². The molecule has 7 heteroatoms. The molecular weight excluding hydrogens is 318 g/mol. The van der Waals surface area contributed by atoms with Crippen LogP contribution in [-0.4, -0.2) is 63.1 Å². The molecule has 0 radical (unpaired) electrons. The molecule has 1 aromatic heterocycles. The molecule has 0 bridgehead atoms. The first-order chi connectivity index (χ1) is 11.9. The van der Waals surface area contributed by atoms with E-state index in [1.807, 2.05) is 25.8 Å². The quantitative estimate of drug-likeness (QED) is 0.895. The van der Waals surface area contributed by atoms with Gasteiger partial charge in [0.1, 0.15) is 0 Å². The van der Waals surface area contributed by atoms with Crippen LogP contribution in [0.1, 0.15) is 44.0 Å². The van der Waals surface area contributed by atoms with Gasteiger partial charge in [-0.1, -0.05) is 0 Å². The van der Waals surface area contributed by atoms with Crippen molar-refractivity contribution in [2.75, 3.05) is 25.0 Å². The van der Waals surface area contributed by atoms with Crippen molar-refractivity contribution in [1.82, 2.24) is 19.6 Å². The summed E-state index contributed by atoms with van der Waals surface area (Å²) in [5.41, 5.74) is 2.61. The average Bonchev–Trinajstić information content (AvgIpc) is 3.24. The van der Waals surface area contributed by atoms with Crippen molar-refractivity contribution < 1.29 is 9.59 Å². The second kappa shape index (κ2) is 7.15. The topological polar surface area (TPSA) is 70.5 Å². The SMILES string of the molecule is CC(=O)N1CCCC1C1CCCN1CC(=O)Nc1c(C)nn(C)c1C. The Hall–Kier alpha value is -1.89. The van der Waals surface area contributed by atoms with E-state index in [1.54, 1.807) is 11.6 Å². The first-order valence-electron chi connectivity index (χ1n) is 9.19. The van der Waals surface area contributed by atoms with Crippen LogP contribution in [-0.2, 0) is 16.6 Å². The fourth-order valence-electron chi connectivity index (χ4n) is 4.39. The number of hydrogen-bond acceptors (Lipinski definition) is 4. The normalized spacial score (nSPS) is 24.1. The molecule has 1 aromatic rings. The zero-order chi connectivity index (χ0) is 18.1. The van der Waals surface area contributed by atoms with E-state index in [-0.39, 0.29) is 17.9 Å². The van der Waals surface area contributed by atoms with Crippen molar-refractivity contribution in [2.24, 2.45) is 7.05 Å². The van der Waals surface area contributed by atoms with Crippen molar-refractivity contribution in [1.29, 1.82) is 0 Å². The van der Waals surface area contributed by atoms with Crippen LogP contribution in [0.25, 0.3) is 0 Å². The van der Waals surface area contributed by atoms with Crippen molar-refractivity contribution in [3.8, 4) is 0 Å². The van der Waals surface area contributed by atoms with Crippen LogP contribution in [0.15, 0.2) is 0 Å². The van der Waals surface area contributed by atoms with Crippen LogP contribution in [0.3, 0.4) is 0 Å². The molecule has 0 saturated carbocycles. The molecule has 0 spiro atoms. The Morgan fingerprint density at radius 3 is 2.48 bits per heavy atom. The lowest BCUT2D eigenvalue weighted by Gasteiger charge is -2.34. The molecular formula is C18H29N5O2. The highest BCUT2D eigenvalue weighted by Crippen LogP contribution is 2.30. The summed E-state index contributed by atoms with van der Waals surface area (Å²) in [6.07, 6.45) is 4.26. The lowest BCUT2D eigenvalue weighted by atomic mass is 10.0. The van der Waals surface area contributed by atoms with Gasteiger partial charge in [-0.25, -0.2) is 0 Å². The van der Waals surface area contributed by atoms with E-state index in [9.17, 15) is 9.59 Å². The number of aryl methyl sites for hydroxylation is 2. The van der Waals surface area contributed by atoms with Crippen LogP contribution in [0, 0.1) is 13.8 Å². The standard InChI is InChI=1S/C18H29N5O2/c1-12-18(13(2)21(4)20-12)19-17(25)11-22-9-5-7-15(22)16-8-6-10-23(16)14(3)24/h15-16H,5-11H2,1-4H3,(H,19,25). The number of amides is 2. The number of nitrogens with zero attached hydrogens (tertiary/aromatic N) is 4. The van der Waals surface area contributed by atoms with Crippen LogP contribution < -0.4 is 5.32 Å². The van der Waals surface area contributed by atoms with E-state index in [4.69, 9.17) is 0 Å². The molecule has 7 nitrogen and oxygen atoms in total. The molecule has 3 heterocycles. The van der Waals surface area contributed by atoms with Crippen LogP contribution >= 0.6 is 0 Å². The van der Waals surface area contributed by atoms with E-state index in [0.29, 0.717) is 12.6 Å². The second-order valence-electron chi connectivity index (χ2n) is 7.32. The Kier molecular flexibility index (Phi) is 5.13. The summed E-state index contributed by atoms with van der Waals surface area (Å²) < 4.78 is 1.78. The van der Waals surface area contributed by atoms with Gasteiger partial charge in [-0.3, -0.25) is 19.2 Å². The predicted octanol–water partition coefficient (Wildman–Crippen LogP) is 1.45. The van der Waals surface area contributed by atoms with Gasteiger partial charge in [0.15, 0.2) is 0 Å². The smallest absolute Gasteiger partial charge is 0.238 e. The van der Waals surface area contributed by atoms with Gasteiger partial charge in [-0.15, -0.1) is 0 Å². The van der Waals surface area contributed by atoms with Gasteiger partial charge in [-0.05, 0) is 46.1 Å². The van der Waals surface area contributed by atoms with Gasteiger partial charge < -0.3 is 10.2 Å². The molecule has 3 rings (SSSR count). The van der Waals surface area contributed by atoms with E-state index in [1.165, 1.54) is 0 Å². The fourth-order valence-corrected chi connectivity index (χ4v) is 4.39. The van der Waals surface area contributed by atoms with Crippen molar-refractivity contribution in [2.45, 2.75) is 58.5 Å². The average molecular weight is 347 g/mol. The second-order valence-corrected chi connectivity index (χ2v) is 7.32. The van der Waals surface area contributed by atoms with Crippen molar-refractivity contribution in [3.05, 3.63) is 11.4 Å². The van der Waals surface area contributed by atoms with Crippen LogP contribution in [0.4, 0.5) is 5.69 Å². The summed E-state index contributed by atoms with van der Waals surface area (Å²) in [5.74, 6) is 0.152. The summed E-state index contributed by atoms with van der Waals surface area (Å²) >= 11 is 0. The highest BCUT2D eigenvalue weighted by molar-refractivity contribution is 5.93. The molecule has 1 N–H and O–H groups in total. The molecule has 2 aliphatic rings. The van der Waals surface area contributed by atoms with Gasteiger partial charge >= 0.3 is 0 Å². The molecule has 2 atom stereocenters. The highest BCUT2D eigenvalue weighted by Gasteiger charge is 2.39. The van der Waals surface area contributed by atoms with Crippen LogP contribution in [0.2, 0.25) is 0 Å². The molecule has 0 aliphatic carbocycles. The van der Waals surface area contributed by atoms with E-state index in [2.05, 4.69) is 15.3 Å². The number of likely N-dealkylation sites (tertiary alicyclic amines) is 2. The van der Waals surface area contributed by atoms with Gasteiger partial charge in [0.2, 0.25) is 11.8 Å². The number of hydrogen-bond donors (Lipinski definition) is 1. The van der Waals surface area contributed by atoms with Gasteiger partial charge in [0, 0.05) is 32.6 Å². The van der Waals surface area contributed by atoms with Gasteiger partial charge in [0.25, 0.3) is 0 Å². The molecule has 25 heavy (non-hydrogen) atoms. The minimum Gasteiger partial charge on any atom is -0.338 e. The largest absolute Gasteiger partial charge is 0.338 e. The Labute approximate surface area is 149 Å². The maximum Gasteiger partial charge on any atom is 0.238 e. The monoisotopic (exact) mass is 347 g/mol. The summed E-state index contributed by atoms with van der Waals surface area (Å²) in [4.78, 5) is 28.7. The molecule has 2 fully saturated rings. The summed E-state index contributed by atoms with van der Waals surface area (Å²) in [5, 5.41) is 7.37. The Bertz CT molecular complexity index is 669. The Morgan fingerprint density at radius 2 is 1.84 bits per heavy atom. The maximum absolute atomic E-state index is 12.6. The van der Waals surface area contributed by atoms with Crippen molar-refractivity contribution in [3.63, 3.8) is 0 Å². The fraction of sp³-hybridized carbons (Fsp3) is 0.722.